The second kappa shape index (κ2) is 7.98. The van der Waals surface area contributed by atoms with E-state index in [1.54, 1.807) is 4.90 Å². The number of aromatic nitrogens is 1. The fourth-order valence-electron chi connectivity index (χ4n) is 4.68. The van der Waals surface area contributed by atoms with Crippen LogP contribution in [0.4, 0.5) is 0 Å². The van der Waals surface area contributed by atoms with E-state index in [0.29, 0.717) is 12.1 Å². The third-order valence-electron chi connectivity index (χ3n) is 6.32. The highest BCUT2D eigenvalue weighted by molar-refractivity contribution is 6.02. The first kappa shape index (κ1) is 20.2. The Balaban J connectivity index is 1.90. The molecule has 0 N–H and O–H groups in total. The molecular formula is C25H29N3O2. The summed E-state index contributed by atoms with van der Waals surface area (Å²) in [7, 11) is 5.70. The Morgan fingerprint density at radius 2 is 1.73 bits per heavy atom. The Morgan fingerprint density at radius 3 is 2.50 bits per heavy atom. The van der Waals surface area contributed by atoms with Crippen molar-refractivity contribution in [3.05, 3.63) is 71.4 Å². The molecule has 0 fully saturated rings. The predicted octanol–water partition coefficient (Wildman–Crippen LogP) is 4.35. The number of para-hydroxylation sites is 1. The van der Waals surface area contributed by atoms with Crippen LogP contribution in [0.3, 0.4) is 0 Å². The summed E-state index contributed by atoms with van der Waals surface area (Å²) in [5, 5.41) is 1.08. The first-order valence-electron chi connectivity index (χ1n) is 10.6. The van der Waals surface area contributed by atoms with Crippen molar-refractivity contribution in [3.8, 4) is 0 Å². The molecule has 30 heavy (non-hydrogen) atoms. The number of carbonyl (C=O) groups is 2. The molecule has 1 aliphatic heterocycles. The number of hydrogen-bond acceptors (Lipinski definition) is 2. The minimum atomic E-state index is -0.434. The highest BCUT2D eigenvalue weighted by Gasteiger charge is 2.44. The molecule has 0 bridgehead atoms. The number of benzene rings is 2. The van der Waals surface area contributed by atoms with Crippen LogP contribution in [0.1, 0.15) is 53.2 Å². The van der Waals surface area contributed by atoms with Gasteiger partial charge in [0, 0.05) is 55.9 Å². The Kier molecular flexibility index (Phi) is 5.37. The topological polar surface area (TPSA) is 45.6 Å². The van der Waals surface area contributed by atoms with Crippen molar-refractivity contribution >= 4 is 22.7 Å². The number of amides is 2. The van der Waals surface area contributed by atoms with Crippen LogP contribution in [0, 0.1) is 0 Å². The molecule has 3 aromatic rings. The van der Waals surface area contributed by atoms with Gasteiger partial charge in [-0.3, -0.25) is 9.59 Å². The molecule has 4 rings (SSSR count). The van der Waals surface area contributed by atoms with Crippen molar-refractivity contribution in [2.75, 3.05) is 20.6 Å². The number of likely N-dealkylation sites (N-methyl/N-ethyl adjacent to an activating group) is 2. The molecule has 1 aliphatic rings. The van der Waals surface area contributed by atoms with Gasteiger partial charge >= 0.3 is 0 Å². The van der Waals surface area contributed by atoms with Crippen LogP contribution in [-0.4, -0.2) is 46.8 Å². The fourth-order valence-corrected chi connectivity index (χ4v) is 4.68. The standard InChI is InChI=1S/C25H29N3O2/c1-5-6-15-26(2)25(30)22-18-12-7-8-13-19(18)24(29)28(4)23(22)20-16-27(3)21-14-10-9-11-17(20)21/h7-14,16,22-23H,5-6,15H2,1-4H3/t22-,23+/m0/s1. The Bertz CT molecular complexity index is 1100. The zero-order chi connectivity index (χ0) is 21.4. The van der Waals surface area contributed by atoms with E-state index in [1.165, 1.54) is 0 Å². The van der Waals surface area contributed by atoms with Gasteiger partial charge < -0.3 is 14.4 Å². The molecule has 0 radical (unpaired) electrons. The predicted molar refractivity (Wildman–Crippen MR) is 119 cm³/mol. The normalized spacial score (nSPS) is 18.5. The van der Waals surface area contributed by atoms with Crippen LogP contribution in [0.25, 0.3) is 10.9 Å². The van der Waals surface area contributed by atoms with E-state index in [9.17, 15) is 9.59 Å². The average Bonchev–Trinajstić information content (AvgIpc) is 3.10. The van der Waals surface area contributed by atoms with Crippen molar-refractivity contribution in [1.29, 1.82) is 0 Å². The van der Waals surface area contributed by atoms with E-state index in [0.717, 1.165) is 34.9 Å². The Hall–Kier alpha value is -3.08. The second-order valence-corrected chi connectivity index (χ2v) is 8.25. The number of aryl methyl sites for hydroxylation is 1. The van der Waals surface area contributed by atoms with Crippen LogP contribution in [0.15, 0.2) is 54.7 Å². The van der Waals surface area contributed by atoms with Crippen molar-refractivity contribution < 1.29 is 9.59 Å². The zero-order valence-electron chi connectivity index (χ0n) is 18.1. The first-order valence-corrected chi connectivity index (χ1v) is 10.6. The van der Waals surface area contributed by atoms with E-state index < -0.39 is 5.92 Å². The number of unbranched alkanes of at least 4 members (excludes halogenated alkanes) is 1. The molecule has 0 unspecified atom stereocenters. The summed E-state index contributed by atoms with van der Waals surface area (Å²) in [6.45, 7) is 2.84. The lowest BCUT2D eigenvalue weighted by Crippen LogP contribution is -2.46. The van der Waals surface area contributed by atoms with E-state index in [2.05, 4.69) is 29.8 Å². The van der Waals surface area contributed by atoms with Crippen molar-refractivity contribution in [2.24, 2.45) is 7.05 Å². The summed E-state index contributed by atoms with van der Waals surface area (Å²) >= 11 is 0. The van der Waals surface area contributed by atoms with Gasteiger partial charge in [-0.05, 0) is 24.1 Å². The van der Waals surface area contributed by atoms with E-state index >= 15 is 0 Å². The highest BCUT2D eigenvalue weighted by Crippen LogP contribution is 2.45. The number of rotatable bonds is 5. The molecule has 0 aliphatic carbocycles. The van der Waals surface area contributed by atoms with Gasteiger partial charge in [0.25, 0.3) is 5.91 Å². The third kappa shape index (κ3) is 3.18. The van der Waals surface area contributed by atoms with Gasteiger partial charge in [-0.25, -0.2) is 0 Å². The molecule has 2 atom stereocenters. The van der Waals surface area contributed by atoms with E-state index in [4.69, 9.17) is 0 Å². The van der Waals surface area contributed by atoms with E-state index in [1.807, 2.05) is 62.4 Å². The zero-order valence-corrected chi connectivity index (χ0v) is 18.1. The SMILES string of the molecule is CCCCN(C)C(=O)[C@H]1c2ccccc2C(=O)N(C)[C@@H]1c1cn(C)c2ccccc12. The molecule has 1 aromatic heterocycles. The molecule has 2 aromatic carbocycles. The largest absolute Gasteiger partial charge is 0.350 e. The highest BCUT2D eigenvalue weighted by atomic mass is 16.2. The molecule has 2 amide bonds. The molecule has 0 saturated carbocycles. The summed E-state index contributed by atoms with van der Waals surface area (Å²) < 4.78 is 2.08. The maximum atomic E-state index is 13.7. The molecule has 5 nitrogen and oxygen atoms in total. The van der Waals surface area contributed by atoms with Crippen LogP contribution < -0.4 is 0 Å². The quantitative estimate of drug-likeness (QED) is 0.636. The second-order valence-electron chi connectivity index (χ2n) is 8.25. The third-order valence-corrected chi connectivity index (χ3v) is 6.32. The summed E-state index contributed by atoms with van der Waals surface area (Å²) in [4.78, 5) is 30.6. The van der Waals surface area contributed by atoms with Gasteiger partial charge in [-0.1, -0.05) is 49.7 Å². The minimum Gasteiger partial charge on any atom is -0.350 e. The van der Waals surface area contributed by atoms with Gasteiger partial charge in [0.05, 0.1) is 12.0 Å². The number of nitrogens with zero attached hydrogens (tertiary/aromatic N) is 3. The van der Waals surface area contributed by atoms with Crippen molar-refractivity contribution in [1.82, 2.24) is 14.4 Å². The van der Waals surface area contributed by atoms with Gasteiger partial charge in [-0.2, -0.15) is 0 Å². The lowest BCUT2D eigenvalue weighted by atomic mass is 9.79. The van der Waals surface area contributed by atoms with Gasteiger partial charge in [-0.15, -0.1) is 0 Å². The van der Waals surface area contributed by atoms with Gasteiger partial charge in [0.1, 0.15) is 0 Å². The summed E-state index contributed by atoms with van der Waals surface area (Å²) in [6.07, 6.45) is 4.06. The van der Waals surface area contributed by atoms with E-state index in [-0.39, 0.29) is 17.9 Å². The number of fused-ring (bicyclic) bond motifs is 2. The molecule has 2 heterocycles. The van der Waals surface area contributed by atoms with Crippen molar-refractivity contribution in [3.63, 3.8) is 0 Å². The molecule has 5 heteroatoms. The molecular weight excluding hydrogens is 374 g/mol. The Morgan fingerprint density at radius 1 is 1.03 bits per heavy atom. The Labute approximate surface area is 177 Å². The number of carbonyl (C=O) groups excluding carboxylic acids is 2. The van der Waals surface area contributed by atoms with Crippen LogP contribution >= 0.6 is 0 Å². The molecule has 156 valence electrons. The smallest absolute Gasteiger partial charge is 0.254 e. The number of hydrogen-bond donors (Lipinski definition) is 0. The molecule has 0 spiro atoms. The maximum Gasteiger partial charge on any atom is 0.254 e. The monoisotopic (exact) mass is 403 g/mol. The summed E-state index contributed by atoms with van der Waals surface area (Å²) in [6, 6.07) is 15.4. The van der Waals surface area contributed by atoms with Gasteiger partial charge in [0.2, 0.25) is 5.91 Å². The fraction of sp³-hybridized carbons (Fsp3) is 0.360. The van der Waals surface area contributed by atoms with Crippen LogP contribution in [0.2, 0.25) is 0 Å². The molecule has 0 saturated heterocycles. The minimum absolute atomic E-state index is 0.0382. The van der Waals surface area contributed by atoms with Crippen LogP contribution in [0.5, 0.6) is 0 Å². The summed E-state index contributed by atoms with van der Waals surface area (Å²) in [5.74, 6) is -0.409. The maximum absolute atomic E-state index is 13.7. The van der Waals surface area contributed by atoms with Crippen LogP contribution in [-0.2, 0) is 11.8 Å². The van der Waals surface area contributed by atoms with Crippen molar-refractivity contribution in [2.45, 2.75) is 31.7 Å². The first-order chi connectivity index (χ1) is 14.5. The lowest BCUT2D eigenvalue weighted by Gasteiger charge is -2.40. The average molecular weight is 404 g/mol. The van der Waals surface area contributed by atoms with Gasteiger partial charge in [0.15, 0.2) is 0 Å². The summed E-state index contributed by atoms with van der Waals surface area (Å²) in [5.41, 5.74) is 3.56. The lowest BCUT2D eigenvalue weighted by molar-refractivity contribution is -0.133.